The van der Waals surface area contributed by atoms with E-state index in [0.29, 0.717) is 12.6 Å². The molecule has 1 aliphatic carbocycles. The predicted molar refractivity (Wildman–Crippen MR) is 70.7 cm³/mol. The summed E-state index contributed by atoms with van der Waals surface area (Å²) in [5, 5.41) is 2.22. The highest BCUT2D eigenvalue weighted by molar-refractivity contribution is 5.94. The number of H-pyrrole nitrogens is 1. The van der Waals surface area contributed by atoms with E-state index < -0.39 is 46.7 Å². The Balaban J connectivity index is 1.74. The number of hydrogen-bond donors (Lipinski definition) is 2. The minimum Gasteiger partial charge on any atom is -0.309 e. The average Bonchev–Trinajstić information content (AvgIpc) is 3.26. The summed E-state index contributed by atoms with van der Waals surface area (Å²) in [4.78, 5) is 28.2. The lowest BCUT2D eigenvalue weighted by atomic mass is 10.1. The molecule has 1 aromatic carbocycles. The van der Waals surface area contributed by atoms with E-state index in [9.17, 15) is 22.8 Å². The van der Waals surface area contributed by atoms with Crippen molar-refractivity contribution in [2.24, 2.45) is 5.92 Å². The zero-order chi connectivity index (χ0) is 15.9. The molecule has 0 saturated heterocycles. The molecular formula is C14H10F3N3O2. The van der Waals surface area contributed by atoms with Gasteiger partial charge in [0.1, 0.15) is 11.6 Å². The quantitative estimate of drug-likeness (QED) is 0.909. The number of anilines is 1. The van der Waals surface area contributed by atoms with E-state index in [0.717, 1.165) is 18.2 Å². The fourth-order valence-corrected chi connectivity index (χ4v) is 2.31. The van der Waals surface area contributed by atoms with Gasteiger partial charge in [-0.3, -0.25) is 9.78 Å². The number of benzene rings is 1. The molecule has 0 spiro atoms. The normalized spacial score (nSPS) is 19.8. The van der Waals surface area contributed by atoms with E-state index in [4.69, 9.17) is 0 Å². The third-order valence-electron chi connectivity index (χ3n) is 3.50. The Kier molecular flexibility index (Phi) is 3.44. The molecule has 5 nitrogen and oxygen atoms in total. The summed E-state index contributed by atoms with van der Waals surface area (Å²) in [7, 11) is 0. The van der Waals surface area contributed by atoms with Crippen molar-refractivity contribution in [3.8, 4) is 0 Å². The first-order valence-corrected chi connectivity index (χ1v) is 6.46. The van der Waals surface area contributed by atoms with Gasteiger partial charge in [-0.25, -0.2) is 18.0 Å². The number of rotatable bonds is 3. The highest BCUT2D eigenvalue weighted by Gasteiger charge is 2.45. The summed E-state index contributed by atoms with van der Waals surface area (Å²) < 4.78 is 40.2. The Morgan fingerprint density at radius 3 is 2.82 bits per heavy atom. The maximum absolute atomic E-state index is 13.6. The topological polar surface area (TPSA) is 74.8 Å². The van der Waals surface area contributed by atoms with Crippen molar-refractivity contribution in [1.82, 2.24) is 9.97 Å². The van der Waals surface area contributed by atoms with Crippen molar-refractivity contribution in [3.05, 3.63) is 57.9 Å². The number of carbonyl (C=O) groups excluding carboxylic acids is 1. The largest absolute Gasteiger partial charge is 0.346 e. The van der Waals surface area contributed by atoms with Gasteiger partial charge in [-0.2, -0.15) is 4.98 Å². The fraction of sp³-hybridized carbons (Fsp3) is 0.214. The van der Waals surface area contributed by atoms with Gasteiger partial charge in [0.05, 0.1) is 6.20 Å². The van der Waals surface area contributed by atoms with Crippen LogP contribution in [0.3, 0.4) is 0 Å². The van der Waals surface area contributed by atoms with Gasteiger partial charge in [-0.1, -0.05) is 0 Å². The fourth-order valence-electron chi connectivity index (χ4n) is 2.31. The van der Waals surface area contributed by atoms with Crippen LogP contribution in [-0.2, 0) is 4.79 Å². The Morgan fingerprint density at radius 2 is 2.05 bits per heavy atom. The average molecular weight is 309 g/mol. The van der Waals surface area contributed by atoms with Gasteiger partial charge in [0.25, 0.3) is 0 Å². The second kappa shape index (κ2) is 5.28. The van der Waals surface area contributed by atoms with Crippen LogP contribution in [0.5, 0.6) is 0 Å². The zero-order valence-corrected chi connectivity index (χ0v) is 11.1. The molecule has 114 valence electrons. The molecule has 2 N–H and O–H groups in total. The first kappa shape index (κ1) is 14.3. The van der Waals surface area contributed by atoms with Crippen molar-refractivity contribution in [3.63, 3.8) is 0 Å². The van der Waals surface area contributed by atoms with Gasteiger partial charge in [0.15, 0.2) is 11.6 Å². The first-order valence-electron chi connectivity index (χ1n) is 6.46. The number of aromatic amines is 1. The molecule has 1 saturated carbocycles. The predicted octanol–water partition coefficient (Wildman–Crippen LogP) is 1.93. The molecule has 22 heavy (non-hydrogen) atoms. The van der Waals surface area contributed by atoms with Crippen LogP contribution in [0.4, 0.5) is 19.0 Å². The number of hydrogen-bond acceptors (Lipinski definition) is 3. The summed E-state index contributed by atoms with van der Waals surface area (Å²) in [6, 6.07) is 3.04. The first-order chi connectivity index (χ1) is 10.5. The smallest absolute Gasteiger partial charge is 0.309 e. The standard InChI is InChI=1S/C14H10F3N3O2/c15-6-1-2-10(16)8(3-6)7-4-9(7)13(21)19-12-11(17)5-18-14(22)20-12/h1-3,5,7,9H,4H2,(H2,18,19,20,21,22). The summed E-state index contributed by atoms with van der Waals surface area (Å²) >= 11 is 0. The van der Waals surface area contributed by atoms with Gasteiger partial charge >= 0.3 is 5.69 Å². The molecular weight excluding hydrogens is 299 g/mol. The maximum Gasteiger partial charge on any atom is 0.346 e. The highest BCUT2D eigenvalue weighted by atomic mass is 19.1. The molecule has 8 heteroatoms. The lowest BCUT2D eigenvalue weighted by molar-refractivity contribution is -0.117. The van der Waals surface area contributed by atoms with Crippen LogP contribution in [0.25, 0.3) is 0 Å². The number of amides is 1. The number of nitrogens with zero attached hydrogens (tertiary/aromatic N) is 1. The molecule has 1 aliphatic rings. The third-order valence-corrected chi connectivity index (χ3v) is 3.50. The lowest BCUT2D eigenvalue weighted by Gasteiger charge is -2.06. The van der Waals surface area contributed by atoms with Gasteiger partial charge in [-0.15, -0.1) is 0 Å². The van der Waals surface area contributed by atoms with Crippen molar-refractivity contribution in [2.45, 2.75) is 12.3 Å². The molecule has 1 aromatic heterocycles. The molecule has 2 aromatic rings. The van der Waals surface area contributed by atoms with E-state index in [2.05, 4.69) is 15.3 Å². The van der Waals surface area contributed by atoms with Crippen LogP contribution in [0, 0.1) is 23.4 Å². The van der Waals surface area contributed by atoms with Crippen molar-refractivity contribution in [1.29, 1.82) is 0 Å². The van der Waals surface area contributed by atoms with Gasteiger partial charge in [0, 0.05) is 5.92 Å². The van der Waals surface area contributed by atoms with Gasteiger partial charge < -0.3 is 5.32 Å². The minimum atomic E-state index is -0.887. The second-order valence-electron chi connectivity index (χ2n) is 5.02. The van der Waals surface area contributed by atoms with E-state index >= 15 is 0 Å². The molecule has 1 amide bonds. The Bertz CT molecular complexity index is 806. The second-order valence-corrected chi connectivity index (χ2v) is 5.02. The zero-order valence-electron chi connectivity index (χ0n) is 11.1. The number of halogens is 3. The molecule has 2 atom stereocenters. The third kappa shape index (κ3) is 2.72. The van der Waals surface area contributed by atoms with Gasteiger partial charge in [-0.05, 0) is 36.1 Å². The Morgan fingerprint density at radius 1 is 1.27 bits per heavy atom. The lowest BCUT2D eigenvalue weighted by Crippen LogP contribution is -2.21. The summed E-state index contributed by atoms with van der Waals surface area (Å²) in [6.07, 6.45) is 1.01. The van der Waals surface area contributed by atoms with Crippen LogP contribution in [0.2, 0.25) is 0 Å². The van der Waals surface area contributed by atoms with Crippen LogP contribution in [0.15, 0.2) is 29.2 Å². The van der Waals surface area contributed by atoms with Crippen LogP contribution in [-0.4, -0.2) is 15.9 Å². The molecule has 1 heterocycles. The number of aromatic nitrogens is 2. The molecule has 0 bridgehead atoms. The SMILES string of the molecule is O=C(Nc1[nH]c(=O)ncc1F)C1CC1c1cc(F)ccc1F. The van der Waals surface area contributed by atoms with Crippen molar-refractivity contribution < 1.29 is 18.0 Å². The maximum atomic E-state index is 13.6. The van der Waals surface area contributed by atoms with Crippen LogP contribution in [0.1, 0.15) is 17.9 Å². The number of carbonyl (C=O) groups is 1. The molecule has 0 radical (unpaired) electrons. The van der Waals surface area contributed by atoms with Crippen molar-refractivity contribution in [2.75, 3.05) is 5.32 Å². The Labute approximate surface area is 122 Å². The van der Waals surface area contributed by atoms with Crippen molar-refractivity contribution >= 4 is 11.7 Å². The number of nitrogens with one attached hydrogen (secondary N) is 2. The van der Waals surface area contributed by atoms with Gasteiger partial charge in [0.2, 0.25) is 5.91 Å². The highest BCUT2D eigenvalue weighted by Crippen LogP contribution is 2.48. The van der Waals surface area contributed by atoms with E-state index in [1.807, 2.05) is 0 Å². The van der Waals surface area contributed by atoms with E-state index in [1.165, 1.54) is 0 Å². The molecule has 2 unspecified atom stereocenters. The van der Waals surface area contributed by atoms with E-state index in [-0.39, 0.29) is 5.56 Å². The van der Waals surface area contributed by atoms with E-state index in [1.54, 1.807) is 0 Å². The molecule has 0 aliphatic heterocycles. The minimum absolute atomic E-state index is 0.115. The Hall–Kier alpha value is -2.64. The van der Waals surface area contributed by atoms with Crippen LogP contribution >= 0.6 is 0 Å². The monoisotopic (exact) mass is 309 g/mol. The van der Waals surface area contributed by atoms with Crippen LogP contribution < -0.4 is 11.0 Å². The summed E-state index contributed by atoms with van der Waals surface area (Å²) in [6.45, 7) is 0. The molecule has 1 fully saturated rings. The summed E-state index contributed by atoms with van der Waals surface area (Å²) in [5.74, 6) is -4.11. The summed E-state index contributed by atoms with van der Waals surface area (Å²) in [5.41, 5.74) is -0.691. The molecule has 3 rings (SSSR count).